The Kier molecular flexibility index (Phi) is 6.47. The fraction of sp³-hybridized carbons (Fsp3) is 0.476. The average molecular weight is 356 g/mol. The molecule has 1 aliphatic rings. The Morgan fingerprint density at radius 3 is 2.62 bits per heavy atom. The van der Waals surface area contributed by atoms with Gasteiger partial charge >= 0.3 is 0 Å². The predicted molar refractivity (Wildman–Crippen MR) is 102 cm³/mol. The van der Waals surface area contributed by atoms with E-state index in [9.17, 15) is 0 Å². The number of pyridine rings is 1. The monoisotopic (exact) mass is 356 g/mol. The highest BCUT2D eigenvalue weighted by atomic mass is 16.5. The summed E-state index contributed by atoms with van der Waals surface area (Å²) in [7, 11) is 3.34. The maximum absolute atomic E-state index is 5.86. The molecule has 1 aromatic heterocycles. The molecule has 1 saturated heterocycles. The summed E-state index contributed by atoms with van der Waals surface area (Å²) < 4.78 is 16.8. The summed E-state index contributed by atoms with van der Waals surface area (Å²) in [5.41, 5.74) is 3.50. The first-order chi connectivity index (χ1) is 12.7. The van der Waals surface area contributed by atoms with Crippen molar-refractivity contribution in [2.24, 2.45) is 0 Å². The molecule has 1 aromatic carbocycles. The Morgan fingerprint density at radius 1 is 1.15 bits per heavy atom. The van der Waals surface area contributed by atoms with Gasteiger partial charge in [-0.05, 0) is 55.2 Å². The Balaban J connectivity index is 1.79. The van der Waals surface area contributed by atoms with Crippen molar-refractivity contribution < 1.29 is 14.2 Å². The SMILES string of the molecule is COc1cc(C)c(CN(Cc2ccccn2)CC2CCCO2)cc1OC. The first-order valence-corrected chi connectivity index (χ1v) is 9.15. The van der Waals surface area contributed by atoms with Gasteiger partial charge in [0.1, 0.15) is 0 Å². The fourth-order valence-corrected chi connectivity index (χ4v) is 3.42. The number of hydrogen-bond acceptors (Lipinski definition) is 5. The van der Waals surface area contributed by atoms with Gasteiger partial charge in [0.05, 0.1) is 26.0 Å². The van der Waals surface area contributed by atoms with E-state index in [1.165, 1.54) is 11.1 Å². The van der Waals surface area contributed by atoms with Crippen LogP contribution in [0.3, 0.4) is 0 Å². The number of aryl methyl sites for hydroxylation is 1. The van der Waals surface area contributed by atoms with Crippen LogP contribution in [0.25, 0.3) is 0 Å². The zero-order valence-corrected chi connectivity index (χ0v) is 15.9. The number of methoxy groups -OCH3 is 2. The molecular formula is C21H28N2O3. The second-order valence-corrected chi connectivity index (χ2v) is 6.76. The van der Waals surface area contributed by atoms with E-state index in [0.717, 1.165) is 56.3 Å². The van der Waals surface area contributed by atoms with E-state index in [1.807, 2.05) is 24.4 Å². The summed E-state index contributed by atoms with van der Waals surface area (Å²) in [5, 5.41) is 0. The van der Waals surface area contributed by atoms with Crippen LogP contribution in [0.4, 0.5) is 0 Å². The molecule has 0 aliphatic carbocycles. The van der Waals surface area contributed by atoms with Crippen molar-refractivity contribution in [3.05, 3.63) is 53.3 Å². The Bertz CT molecular complexity index is 700. The van der Waals surface area contributed by atoms with Gasteiger partial charge in [-0.25, -0.2) is 0 Å². The molecule has 2 heterocycles. The van der Waals surface area contributed by atoms with E-state index in [0.29, 0.717) is 6.10 Å². The molecule has 1 unspecified atom stereocenters. The van der Waals surface area contributed by atoms with Crippen molar-refractivity contribution in [2.45, 2.75) is 39.0 Å². The normalized spacial score (nSPS) is 16.8. The number of aromatic nitrogens is 1. The maximum Gasteiger partial charge on any atom is 0.161 e. The number of rotatable bonds is 8. The molecule has 140 valence electrons. The highest BCUT2D eigenvalue weighted by Gasteiger charge is 2.21. The third-order valence-corrected chi connectivity index (χ3v) is 4.83. The summed E-state index contributed by atoms with van der Waals surface area (Å²) >= 11 is 0. The van der Waals surface area contributed by atoms with Crippen LogP contribution < -0.4 is 9.47 Å². The van der Waals surface area contributed by atoms with E-state index in [4.69, 9.17) is 14.2 Å². The molecule has 2 aromatic rings. The first-order valence-electron chi connectivity index (χ1n) is 9.15. The Morgan fingerprint density at radius 2 is 1.96 bits per heavy atom. The third kappa shape index (κ3) is 4.74. The van der Waals surface area contributed by atoms with Crippen LogP contribution in [0.2, 0.25) is 0 Å². The van der Waals surface area contributed by atoms with E-state index >= 15 is 0 Å². The summed E-state index contributed by atoms with van der Waals surface area (Å²) in [6, 6.07) is 10.2. The van der Waals surface area contributed by atoms with Gasteiger partial charge in [0, 0.05) is 32.4 Å². The molecule has 0 N–H and O–H groups in total. The highest BCUT2D eigenvalue weighted by molar-refractivity contribution is 5.47. The first kappa shape index (κ1) is 18.7. The summed E-state index contributed by atoms with van der Waals surface area (Å²) in [4.78, 5) is 6.90. The number of ether oxygens (including phenoxy) is 3. The lowest BCUT2D eigenvalue weighted by atomic mass is 10.1. The highest BCUT2D eigenvalue weighted by Crippen LogP contribution is 2.31. The number of nitrogens with zero attached hydrogens (tertiary/aromatic N) is 2. The molecule has 5 heteroatoms. The fourth-order valence-electron chi connectivity index (χ4n) is 3.42. The maximum atomic E-state index is 5.86. The molecule has 3 rings (SSSR count). The van der Waals surface area contributed by atoms with Crippen molar-refractivity contribution in [3.8, 4) is 11.5 Å². The predicted octanol–water partition coefficient (Wildman–Crippen LogP) is 3.59. The van der Waals surface area contributed by atoms with Crippen molar-refractivity contribution in [3.63, 3.8) is 0 Å². The molecule has 26 heavy (non-hydrogen) atoms. The van der Waals surface area contributed by atoms with Crippen molar-refractivity contribution in [1.82, 2.24) is 9.88 Å². The number of hydrogen-bond donors (Lipinski definition) is 0. The lowest BCUT2D eigenvalue weighted by Gasteiger charge is -2.26. The molecule has 1 fully saturated rings. The standard InChI is InChI=1S/C21H28N2O3/c1-16-11-20(24-2)21(25-3)12-17(16)13-23(15-19-8-6-10-26-19)14-18-7-4-5-9-22-18/h4-5,7,9,11-12,19H,6,8,10,13-15H2,1-3H3. The van der Waals surface area contributed by atoms with Crippen LogP contribution in [0.1, 0.15) is 29.7 Å². The average Bonchev–Trinajstić information content (AvgIpc) is 3.16. The lowest BCUT2D eigenvalue weighted by molar-refractivity contribution is 0.0674. The molecule has 1 aliphatic heterocycles. The summed E-state index contributed by atoms with van der Waals surface area (Å²) in [6.07, 6.45) is 4.43. The quantitative estimate of drug-likeness (QED) is 0.723. The number of benzene rings is 1. The Hall–Kier alpha value is -2.11. The van der Waals surface area contributed by atoms with Gasteiger partial charge in [-0.3, -0.25) is 9.88 Å². The summed E-state index contributed by atoms with van der Waals surface area (Å²) in [5.74, 6) is 1.53. The van der Waals surface area contributed by atoms with Crippen LogP contribution in [0.5, 0.6) is 11.5 Å². The van der Waals surface area contributed by atoms with Crippen molar-refractivity contribution in [1.29, 1.82) is 0 Å². The van der Waals surface area contributed by atoms with Gasteiger partial charge in [0.2, 0.25) is 0 Å². The molecular weight excluding hydrogens is 328 g/mol. The van der Waals surface area contributed by atoms with Gasteiger partial charge in [0.15, 0.2) is 11.5 Å². The van der Waals surface area contributed by atoms with E-state index in [1.54, 1.807) is 14.2 Å². The van der Waals surface area contributed by atoms with Gasteiger partial charge < -0.3 is 14.2 Å². The zero-order chi connectivity index (χ0) is 18.4. The van der Waals surface area contributed by atoms with Gasteiger partial charge in [-0.1, -0.05) is 6.07 Å². The van der Waals surface area contributed by atoms with Gasteiger partial charge in [0.25, 0.3) is 0 Å². The van der Waals surface area contributed by atoms with Crippen LogP contribution in [0.15, 0.2) is 36.5 Å². The molecule has 0 amide bonds. The second kappa shape index (κ2) is 9.01. The van der Waals surface area contributed by atoms with Gasteiger partial charge in [-0.2, -0.15) is 0 Å². The van der Waals surface area contributed by atoms with Crippen molar-refractivity contribution >= 4 is 0 Å². The summed E-state index contributed by atoms with van der Waals surface area (Å²) in [6.45, 7) is 5.52. The molecule has 0 spiro atoms. The largest absolute Gasteiger partial charge is 0.493 e. The second-order valence-electron chi connectivity index (χ2n) is 6.76. The van der Waals surface area contributed by atoms with E-state index < -0.39 is 0 Å². The van der Waals surface area contributed by atoms with Gasteiger partial charge in [-0.15, -0.1) is 0 Å². The zero-order valence-electron chi connectivity index (χ0n) is 15.9. The minimum atomic E-state index is 0.305. The van der Waals surface area contributed by atoms with Crippen LogP contribution in [-0.4, -0.2) is 43.4 Å². The van der Waals surface area contributed by atoms with Crippen molar-refractivity contribution in [2.75, 3.05) is 27.4 Å². The smallest absolute Gasteiger partial charge is 0.161 e. The topological polar surface area (TPSA) is 43.8 Å². The third-order valence-electron chi connectivity index (χ3n) is 4.83. The molecule has 0 radical (unpaired) electrons. The van der Waals surface area contributed by atoms with Crippen LogP contribution in [-0.2, 0) is 17.8 Å². The molecule has 1 atom stereocenters. The van der Waals surface area contributed by atoms with E-state index in [-0.39, 0.29) is 0 Å². The Labute approximate surface area is 155 Å². The molecule has 5 nitrogen and oxygen atoms in total. The minimum absolute atomic E-state index is 0.305. The van der Waals surface area contributed by atoms with Crippen LogP contribution >= 0.6 is 0 Å². The van der Waals surface area contributed by atoms with E-state index in [2.05, 4.69) is 28.9 Å². The lowest BCUT2D eigenvalue weighted by Crippen LogP contribution is -2.32. The molecule has 0 saturated carbocycles. The minimum Gasteiger partial charge on any atom is -0.493 e. The molecule has 0 bridgehead atoms. The van der Waals surface area contributed by atoms with Crippen LogP contribution in [0, 0.1) is 6.92 Å².